The number of pyridine rings is 1. The first-order valence-corrected chi connectivity index (χ1v) is 8.98. The van der Waals surface area contributed by atoms with Crippen molar-refractivity contribution < 1.29 is 4.79 Å². The molecule has 23 heavy (non-hydrogen) atoms. The summed E-state index contributed by atoms with van der Waals surface area (Å²) in [6, 6.07) is 3.41. The highest BCUT2D eigenvalue weighted by Crippen LogP contribution is 2.10. The van der Waals surface area contributed by atoms with Crippen LogP contribution < -0.4 is 16.6 Å². The highest BCUT2D eigenvalue weighted by molar-refractivity contribution is 5.93. The van der Waals surface area contributed by atoms with Gasteiger partial charge in [-0.15, -0.1) is 0 Å². The maximum Gasteiger partial charge on any atom is 0.252 e. The van der Waals surface area contributed by atoms with Crippen molar-refractivity contribution in [2.24, 2.45) is 5.84 Å². The molecule has 130 valence electrons. The third kappa shape index (κ3) is 9.18. The Balaban J connectivity index is 1.97. The number of rotatable bonds is 13. The van der Waals surface area contributed by atoms with E-state index in [1.54, 1.807) is 12.1 Å². The fourth-order valence-corrected chi connectivity index (χ4v) is 2.53. The molecule has 5 heteroatoms. The zero-order chi connectivity index (χ0) is 16.8. The Kier molecular flexibility index (Phi) is 10.9. The van der Waals surface area contributed by atoms with Gasteiger partial charge in [0, 0.05) is 12.7 Å². The van der Waals surface area contributed by atoms with Gasteiger partial charge in [0.25, 0.3) is 5.91 Å². The Morgan fingerprint density at radius 2 is 1.61 bits per heavy atom. The second-order valence-electron chi connectivity index (χ2n) is 6.01. The number of unbranched alkanes of at least 4 members (excludes halogenated alkanes) is 9. The summed E-state index contributed by atoms with van der Waals surface area (Å²) in [6.45, 7) is 2.98. The second-order valence-corrected chi connectivity index (χ2v) is 6.01. The minimum atomic E-state index is -0.0722. The van der Waals surface area contributed by atoms with Gasteiger partial charge in [-0.1, -0.05) is 64.7 Å². The maximum absolute atomic E-state index is 11.9. The van der Waals surface area contributed by atoms with Crippen molar-refractivity contribution in [2.45, 2.75) is 71.1 Å². The van der Waals surface area contributed by atoms with Crippen LogP contribution in [-0.2, 0) is 0 Å². The average molecular weight is 320 g/mol. The summed E-state index contributed by atoms with van der Waals surface area (Å²) in [5, 5.41) is 2.93. The highest BCUT2D eigenvalue weighted by atomic mass is 16.1. The van der Waals surface area contributed by atoms with Gasteiger partial charge in [-0.3, -0.25) is 4.79 Å². The van der Waals surface area contributed by atoms with Gasteiger partial charge in [0.2, 0.25) is 0 Å². The molecular weight excluding hydrogens is 288 g/mol. The monoisotopic (exact) mass is 320 g/mol. The van der Waals surface area contributed by atoms with E-state index in [0.717, 1.165) is 13.0 Å². The lowest BCUT2D eigenvalue weighted by Gasteiger charge is -2.06. The number of carbonyl (C=O) groups excluding carboxylic acids is 1. The lowest BCUT2D eigenvalue weighted by Crippen LogP contribution is -2.24. The standard InChI is InChI=1S/C18H32N4O/c1-2-3-4-5-6-7-8-9-10-11-14-20-18(23)16-12-13-17(22-19)21-15-16/h12-13,15H,2-11,14,19H2,1H3,(H,20,23)(H,21,22). The molecule has 0 aliphatic rings. The molecule has 0 atom stereocenters. The van der Waals surface area contributed by atoms with Crippen LogP contribution in [0.3, 0.4) is 0 Å². The van der Waals surface area contributed by atoms with E-state index in [-0.39, 0.29) is 5.91 Å². The fourth-order valence-electron chi connectivity index (χ4n) is 2.53. The van der Waals surface area contributed by atoms with Crippen molar-refractivity contribution >= 4 is 11.7 Å². The van der Waals surface area contributed by atoms with E-state index >= 15 is 0 Å². The molecule has 1 aromatic rings. The maximum atomic E-state index is 11.9. The van der Waals surface area contributed by atoms with Gasteiger partial charge in [0.05, 0.1) is 5.56 Å². The van der Waals surface area contributed by atoms with Crippen molar-refractivity contribution in [3.05, 3.63) is 23.9 Å². The van der Waals surface area contributed by atoms with E-state index in [0.29, 0.717) is 11.4 Å². The third-order valence-electron chi connectivity index (χ3n) is 3.99. The predicted molar refractivity (Wildman–Crippen MR) is 96.2 cm³/mol. The molecule has 0 fully saturated rings. The molecule has 0 aliphatic carbocycles. The first kappa shape index (κ1) is 19.4. The van der Waals surface area contributed by atoms with Crippen LogP contribution in [0.15, 0.2) is 18.3 Å². The van der Waals surface area contributed by atoms with Crippen LogP contribution in [0.2, 0.25) is 0 Å². The Bertz CT molecular complexity index is 420. The Morgan fingerprint density at radius 3 is 2.13 bits per heavy atom. The number of nitrogens with two attached hydrogens (primary N) is 1. The smallest absolute Gasteiger partial charge is 0.252 e. The number of hydrogen-bond donors (Lipinski definition) is 3. The van der Waals surface area contributed by atoms with E-state index in [2.05, 4.69) is 22.7 Å². The van der Waals surface area contributed by atoms with Crippen molar-refractivity contribution in [2.75, 3.05) is 12.0 Å². The number of nitrogens with zero attached hydrogens (tertiary/aromatic N) is 1. The predicted octanol–water partition coefficient (Wildman–Crippen LogP) is 4.02. The third-order valence-corrected chi connectivity index (χ3v) is 3.99. The van der Waals surface area contributed by atoms with Crippen LogP contribution in [0.4, 0.5) is 5.82 Å². The number of amides is 1. The number of hydrogen-bond acceptors (Lipinski definition) is 4. The number of anilines is 1. The van der Waals surface area contributed by atoms with Crippen molar-refractivity contribution in [1.29, 1.82) is 0 Å². The van der Waals surface area contributed by atoms with E-state index < -0.39 is 0 Å². The molecule has 0 radical (unpaired) electrons. The summed E-state index contributed by atoms with van der Waals surface area (Å²) >= 11 is 0. The number of nitrogens with one attached hydrogen (secondary N) is 2. The summed E-state index contributed by atoms with van der Waals surface area (Å²) in [5.74, 6) is 5.72. The summed E-state index contributed by atoms with van der Waals surface area (Å²) in [6.07, 6.45) is 14.5. The summed E-state index contributed by atoms with van der Waals surface area (Å²) in [4.78, 5) is 15.9. The summed E-state index contributed by atoms with van der Waals surface area (Å²) < 4.78 is 0. The quantitative estimate of drug-likeness (QED) is 0.291. The minimum Gasteiger partial charge on any atom is -0.352 e. The van der Waals surface area contributed by atoms with Crippen LogP contribution in [0.5, 0.6) is 0 Å². The van der Waals surface area contributed by atoms with E-state index in [1.807, 2.05) is 0 Å². The van der Waals surface area contributed by atoms with Gasteiger partial charge in [0.1, 0.15) is 5.82 Å². The van der Waals surface area contributed by atoms with Crippen molar-refractivity contribution in [3.8, 4) is 0 Å². The molecule has 0 spiro atoms. The topological polar surface area (TPSA) is 80.0 Å². The zero-order valence-electron chi connectivity index (χ0n) is 14.4. The number of carbonyl (C=O) groups is 1. The van der Waals surface area contributed by atoms with Crippen LogP contribution in [-0.4, -0.2) is 17.4 Å². The second kappa shape index (κ2) is 12.9. The Morgan fingerprint density at radius 1 is 1.00 bits per heavy atom. The molecule has 1 rings (SSSR count). The lowest BCUT2D eigenvalue weighted by molar-refractivity contribution is 0.0952. The lowest BCUT2D eigenvalue weighted by atomic mass is 10.1. The van der Waals surface area contributed by atoms with E-state index in [9.17, 15) is 4.79 Å². The fraction of sp³-hybridized carbons (Fsp3) is 0.667. The molecule has 0 unspecified atom stereocenters. The largest absolute Gasteiger partial charge is 0.352 e. The Hall–Kier alpha value is -1.62. The van der Waals surface area contributed by atoms with Crippen LogP contribution in [0, 0.1) is 0 Å². The molecular formula is C18H32N4O. The molecule has 1 heterocycles. The van der Waals surface area contributed by atoms with Crippen molar-refractivity contribution in [3.63, 3.8) is 0 Å². The van der Waals surface area contributed by atoms with Crippen LogP contribution >= 0.6 is 0 Å². The molecule has 5 nitrogen and oxygen atoms in total. The van der Waals surface area contributed by atoms with Gasteiger partial charge in [0.15, 0.2) is 0 Å². The van der Waals surface area contributed by atoms with E-state index in [4.69, 9.17) is 5.84 Å². The Labute approximate surface area is 140 Å². The van der Waals surface area contributed by atoms with Crippen molar-refractivity contribution in [1.82, 2.24) is 10.3 Å². The van der Waals surface area contributed by atoms with Gasteiger partial charge < -0.3 is 10.7 Å². The summed E-state index contributed by atoms with van der Waals surface area (Å²) in [5.41, 5.74) is 3.01. The van der Waals surface area contributed by atoms with Gasteiger partial charge in [-0.2, -0.15) is 0 Å². The van der Waals surface area contributed by atoms with Crippen LogP contribution in [0.25, 0.3) is 0 Å². The molecule has 0 saturated carbocycles. The first-order chi connectivity index (χ1) is 11.3. The number of aromatic nitrogens is 1. The highest BCUT2D eigenvalue weighted by Gasteiger charge is 2.04. The average Bonchev–Trinajstić information content (AvgIpc) is 2.59. The SMILES string of the molecule is CCCCCCCCCCCCNC(=O)c1ccc(NN)nc1. The zero-order valence-corrected chi connectivity index (χ0v) is 14.4. The molecule has 0 saturated heterocycles. The molecule has 0 aliphatic heterocycles. The molecule has 1 amide bonds. The normalized spacial score (nSPS) is 10.5. The molecule has 1 aromatic heterocycles. The van der Waals surface area contributed by atoms with Gasteiger partial charge >= 0.3 is 0 Å². The molecule has 0 aromatic carbocycles. The van der Waals surface area contributed by atoms with Gasteiger partial charge in [-0.25, -0.2) is 10.8 Å². The van der Waals surface area contributed by atoms with Gasteiger partial charge in [-0.05, 0) is 18.6 Å². The molecule has 0 bridgehead atoms. The number of hydrazine groups is 1. The first-order valence-electron chi connectivity index (χ1n) is 8.98. The minimum absolute atomic E-state index is 0.0722. The number of nitrogen functional groups attached to an aromatic ring is 1. The van der Waals surface area contributed by atoms with E-state index in [1.165, 1.54) is 64.0 Å². The van der Waals surface area contributed by atoms with Crippen LogP contribution in [0.1, 0.15) is 81.5 Å². The molecule has 4 N–H and O–H groups in total. The summed E-state index contributed by atoms with van der Waals surface area (Å²) in [7, 11) is 0.